The summed E-state index contributed by atoms with van der Waals surface area (Å²) in [6.45, 7) is 3.04. The van der Waals surface area contributed by atoms with Crippen LogP contribution in [0.4, 0.5) is 0 Å². The quantitative estimate of drug-likeness (QED) is 0.761. The Labute approximate surface area is 143 Å². The van der Waals surface area contributed by atoms with Gasteiger partial charge in [0.05, 0.1) is 36.2 Å². The SMILES string of the molecule is CC(=O)Cc1cc(=O)c2c(C)cc(O)c([C@@H]3OCC(O)CC3O)c2o1. The summed E-state index contributed by atoms with van der Waals surface area (Å²) < 4.78 is 11.2. The number of fused-ring (bicyclic) bond motifs is 1. The third-order valence-electron chi connectivity index (χ3n) is 4.31. The molecule has 0 amide bonds. The van der Waals surface area contributed by atoms with Crippen molar-refractivity contribution in [1.29, 1.82) is 0 Å². The Bertz CT molecular complexity index is 883. The highest BCUT2D eigenvalue weighted by Crippen LogP contribution is 2.39. The van der Waals surface area contributed by atoms with Crippen LogP contribution in [-0.2, 0) is 16.0 Å². The Balaban J connectivity index is 2.24. The van der Waals surface area contributed by atoms with Gasteiger partial charge in [0.15, 0.2) is 5.43 Å². The number of benzene rings is 1. The highest BCUT2D eigenvalue weighted by atomic mass is 16.5. The minimum atomic E-state index is -1.07. The number of carbonyl (C=O) groups is 1. The van der Waals surface area contributed by atoms with Crippen LogP contribution in [0.2, 0.25) is 0 Å². The molecule has 3 atom stereocenters. The Kier molecular flexibility index (Phi) is 4.64. The van der Waals surface area contributed by atoms with Crippen molar-refractivity contribution in [2.75, 3.05) is 6.61 Å². The van der Waals surface area contributed by atoms with Crippen LogP contribution in [0.3, 0.4) is 0 Å². The first-order chi connectivity index (χ1) is 11.8. The second-order valence-corrected chi connectivity index (χ2v) is 6.50. The molecule has 7 nitrogen and oxygen atoms in total. The molecule has 1 aliphatic heterocycles. The molecule has 2 heterocycles. The van der Waals surface area contributed by atoms with E-state index in [-0.39, 0.29) is 58.7 Å². The highest BCUT2D eigenvalue weighted by Gasteiger charge is 2.34. The molecule has 0 bridgehead atoms. The van der Waals surface area contributed by atoms with Gasteiger partial charge in [0.1, 0.15) is 29.0 Å². The number of aromatic hydroxyl groups is 1. The summed E-state index contributed by atoms with van der Waals surface area (Å²) in [4.78, 5) is 23.9. The second-order valence-electron chi connectivity index (χ2n) is 6.50. The molecule has 0 spiro atoms. The van der Waals surface area contributed by atoms with Gasteiger partial charge in [-0.05, 0) is 25.5 Å². The van der Waals surface area contributed by atoms with Gasteiger partial charge in [0.25, 0.3) is 0 Å². The van der Waals surface area contributed by atoms with E-state index in [0.717, 1.165) is 0 Å². The number of Topliss-reactive ketones (excluding diaryl/α,β-unsaturated/α-hetero) is 1. The van der Waals surface area contributed by atoms with Crippen molar-refractivity contribution in [1.82, 2.24) is 0 Å². The highest BCUT2D eigenvalue weighted by molar-refractivity contribution is 5.86. The average molecular weight is 348 g/mol. The number of phenolic OH excluding ortho intramolecular Hbond substituents is 1. The van der Waals surface area contributed by atoms with E-state index >= 15 is 0 Å². The lowest BCUT2D eigenvalue weighted by atomic mass is 9.93. The lowest BCUT2D eigenvalue weighted by Gasteiger charge is -2.32. The fourth-order valence-corrected chi connectivity index (χ4v) is 3.26. The van der Waals surface area contributed by atoms with Crippen molar-refractivity contribution in [2.45, 2.75) is 45.0 Å². The first kappa shape index (κ1) is 17.6. The van der Waals surface area contributed by atoms with Gasteiger partial charge >= 0.3 is 0 Å². The minimum Gasteiger partial charge on any atom is -0.507 e. The predicted octanol–water partition coefficient (Wildman–Crippen LogP) is 1.12. The van der Waals surface area contributed by atoms with E-state index < -0.39 is 18.3 Å². The third kappa shape index (κ3) is 3.30. The lowest BCUT2D eigenvalue weighted by molar-refractivity contribution is -0.125. The molecular weight excluding hydrogens is 328 g/mol. The van der Waals surface area contributed by atoms with E-state index in [9.17, 15) is 24.9 Å². The lowest BCUT2D eigenvalue weighted by Crippen LogP contribution is -2.35. The van der Waals surface area contributed by atoms with Crippen LogP contribution in [0.1, 0.15) is 36.3 Å². The van der Waals surface area contributed by atoms with Gasteiger partial charge in [0.2, 0.25) is 0 Å². The molecular formula is C18H20O7. The van der Waals surface area contributed by atoms with Crippen molar-refractivity contribution >= 4 is 16.8 Å². The number of ether oxygens (including phenoxy) is 1. The van der Waals surface area contributed by atoms with E-state index in [1.54, 1.807) is 6.92 Å². The van der Waals surface area contributed by atoms with E-state index in [4.69, 9.17) is 9.15 Å². The van der Waals surface area contributed by atoms with Crippen LogP contribution in [0.5, 0.6) is 5.75 Å². The number of rotatable bonds is 3. The standard InChI is InChI=1S/C18H20O7/c1-8-3-12(21)16(17-14(23)5-10(20)7-24-17)18-15(8)13(22)6-11(25-18)4-9(2)19/h3,6,10,14,17,20-21,23H,4-5,7H2,1-2H3/t10?,14?,17-/m1/s1. The minimum absolute atomic E-state index is 0.00605. The summed E-state index contributed by atoms with van der Waals surface area (Å²) in [5, 5.41) is 30.5. The van der Waals surface area contributed by atoms with Crippen LogP contribution in [0.15, 0.2) is 21.3 Å². The number of aliphatic hydroxyl groups is 2. The molecule has 25 heavy (non-hydrogen) atoms. The van der Waals surface area contributed by atoms with E-state index in [1.165, 1.54) is 19.1 Å². The van der Waals surface area contributed by atoms with E-state index in [1.807, 2.05) is 0 Å². The predicted molar refractivity (Wildman–Crippen MR) is 88.6 cm³/mol. The van der Waals surface area contributed by atoms with Crippen molar-refractivity contribution < 1.29 is 29.3 Å². The van der Waals surface area contributed by atoms with Gasteiger partial charge in [-0.3, -0.25) is 9.59 Å². The van der Waals surface area contributed by atoms with Crippen molar-refractivity contribution in [2.24, 2.45) is 0 Å². The van der Waals surface area contributed by atoms with Crippen molar-refractivity contribution in [3.8, 4) is 5.75 Å². The van der Waals surface area contributed by atoms with Gasteiger partial charge < -0.3 is 24.5 Å². The zero-order valence-corrected chi connectivity index (χ0v) is 14.0. The molecule has 3 rings (SSSR count). The zero-order chi connectivity index (χ0) is 18.3. The van der Waals surface area contributed by atoms with Crippen LogP contribution >= 0.6 is 0 Å². The molecule has 7 heteroatoms. The number of aryl methyl sites for hydroxylation is 1. The maximum Gasteiger partial charge on any atom is 0.193 e. The summed E-state index contributed by atoms with van der Waals surface area (Å²) in [5.41, 5.74) is 0.440. The number of phenols is 1. The first-order valence-corrected chi connectivity index (χ1v) is 8.04. The number of aliphatic hydroxyl groups excluding tert-OH is 2. The number of hydrogen-bond acceptors (Lipinski definition) is 7. The summed E-state index contributed by atoms with van der Waals surface area (Å²) in [6.07, 6.45) is -2.78. The summed E-state index contributed by atoms with van der Waals surface area (Å²) in [7, 11) is 0. The van der Waals surface area contributed by atoms with Crippen LogP contribution < -0.4 is 5.43 Å². The molecule has 134 valence electrons. The molecule has 0 aliphatic carbocycles. The van der Waals surface area contributed by atoms with Gasteiger partial charge in [-0.25, -0.2) is 0 Å². The van der Waals surface area contributed by atoms with Gasteiger partial charge in [-0.2, -0.15) is 0 Å². The van der Waals surface area contributed by atoms with Crippen LogP contribution in [0.25, 0.3) is 11.0 Å². The smallest absolute Gasteiger partial charge is 0.193 e. The fourth-order valence-electron chi connectivity index (χ4n) is 3.26. The Morgan fingerprint density at radius 3 is 2.68 bits per heavy atom. The van der Waals surface area contributed by atoms with E-state index in [0.29, 0.717) is 5.56 Å². The van der Waals surface area contributed by atoms with Crippen LogP contribution in [0, 0.1) is 6.92 Å². The molecule has 1 fully saturated rings. The third-order valence-corrected chi connectivity index (χ3v) is 4.31. The molecule has 0 saturated carbocycles. The Hall–Kier alpha value is -2.22. The zero-order valence-electron chi connectivity index (χ0n) is 14.0. The van der Waals surface area contributed by atoms with Crippen molar-refractivity contribution in [3.05, 3.63) is 39.2 Å². The number of ketones is 1. The number of carbonyl (C=O) groups excluding carboxylic acids is 1. The second kappa shape index (κ2) is 6.59. The average Bonchev–Trinajstić information content (AvgIpc) is 2.47. The normalized spacial score (nSPS) is 23.8. The number of hydrogen-bond donors (Lipinski definition) is 3. The fraction of sp³-hybridized carbons (Fsp3) is 0.444. The largest absolute Gasteiger partial charge is 0.507 e. The molecule has 1 aromatic carbocycles. The topological polar surface area (TPSA) is 117 Å². The van der Waals surface area contributed by atoms with Crippen molar-refractivity contribution in [3.63, 3.8) is 0 Å². The molecule has 1 saturated heterocycles. The Morgan fingerprint density at radius 1 is 1.32 bits per heavy atom. The van der Waals surface area contributed by atoms with Gasteiger partial charge in [-0.15, -0.1) is 0 Å². The van der Waals surface area contributed by atoms with Gasteiger partial charge in [0, 0.05) is 12.5 Å². The Morgan fingerprint density at radius 2 is 2.04 bits per heavy atom. The molecule has 1 aromatic heterocycles. The molecule has 2 unspecified atom stereocenters. The maximum absolute atomic E-state index is 12.5. The monoisotopic (exact) mass is 348 g/mol. The van der Waals surface area contributed by atoms with Crippen LogP contribution in [-0.4, -0.2) is 39.9 Å². The van der Waals surface area contributed by atoms with Gasteiger partial charge in [-0.1, -0.05) is 0 Å². The summed E-state index contributed by atoms with van der Waals surface area (Å²) in [5.74, 6) is -0.159. The molecule has 1 aliphatic rings. The molecule has 2 aromatic rings. The molecule has 3 N–H and O–H groups in total. The first-order valence-electron chi connectivity index (χ1n) is 8.04. The summed E-state index contributed by atoms with van der Waals surface area (Å²) in [6, 6.07) is 2.68. The molecule has 0 radical (unpaired) electrons. The van der Waals surface area contributed by atoms with E-state index in [2.05, 4.69) is 0 Å². The summed E-state index contributed by atoms with van der Waals surface area (Å²) >= 11 is 0. The maximum atomic E-state index is 12.5.